The van der Waals surface area contributed by atoms with Crippen LogP contribution in [0.25, 0.3) is 5.57 Å². The summed E-state index contributed by atoms with van der Waals surface area (Å²) in [7, 11) is 0. The van der Waals surface area contributed by atoms with Crippen molar-refractivity contribution < 1.29 is 4.74 Å². The molecule has 23 heavy (non-hydrogen) atoms. The van der Waals surface area contributed by atoms with E-state index in [4.69, 9.17) is 4.74 Å². The van der Waals surface area contributed by atoms with Crippen LogP contribution in [0.3, 0.4) is 0 Å². The van der Waals surface area contributed by atoms with Crippen LogP contribution in [0.1, 0.15) is 29.8 Å². The molecule has 0 amide bonds. The SMILES string of the molecule is Cc1cc(C)cc(OCCCN2CCC=C(c3nn[nH]n3)C2)c1. The second-order valence-corrected chi connectivity index (χ2v) is 6.06. The number of hydrogen-bond donors (Lipinski definition) is 1. The third-order valence-electron chi connectivity index (χ3n) is 3.95. The molecular weight excluding hydrogens is 290 g/mol. The van der Waals surface area contributed by atoms with Gasteiger partial charge in [0.05, 0.1) is 6.61 Å². The van der Waals surface area contributed by atoms with Crippen molar-refractivity contribution in [1.82, 2.24) is 25.5 Å². The van der Waals surface area contributed by atoms with Gasteiger partial charge >= 0.3 is 0 Å². The minimum Gasteiger partial charge on any atom is -0.494 e. The first-order valence-electron chi connectivity index (χ1n) is 8.07. The van der Waals surface area contributed by atoms with Gasteiger partial charge in [-0.3, -0.25) is 4.90 Å². The van der Waals surface area contributed by atoms with Crippen molar-refractivity contribution in [3.05, 3.63) is 41.2 Å². The summed E-state index contributed by atoms with van der Waals surface area (Å²) in [5, 5.41) is 14.3. The number of aromatic amines is 1. The van der Waals surface area contributed by atoms with Crippen LogP contribution in [0.15, 0.2) is 24.3 Å². The van der Waals surface area contributed by atoms with Crippen molar-refractivity contribution in [3.63, 3.8) is 0 Å². The number of hydrogen-bond acceptors (Lipinski definition) is 5. The van der Waals surface area contributed by atoms with Gasteiger partial charge < -0.3 is 4.74 Å². The predicted octanol–water partition coefficient (Wildman–Crippen LogP) is 2.37. The standard InChI is InChI=1S/C17H23N5O/c1-13-9-14(2)11-16(10-13)23-8-4-7-22-6-3-5-15(12-22)17-18-20-21-19-17/h5,9-11H,3-4,6-8,12H2,1-2H3,(H,18,19,20,21). The fourth-order valence-electron chi connectivity index (χ4n) is 2.95. The summed E-state index contributed by atoms with van der Waals surface area (Å²) in [6, 6.07) is 6.34. The van der Waals surface area contributed by atoms with Crippen LogP contribution in [0.5, 0.6) is 5.75 Å². The maximum atomic E-state index is 5.88. The van der Waals surface area contributed by atoms with Gasteiger partial charge in [0.25, 0.3) is 0 Å². The van der Waals surface area contributed by atoms with E-state index in [-0.39, 0.29) is 0 Å². The van der Waals surface area contributed by atoms with Gasteiger partial charge in [-0.25, -0.2) is 0 Å². The molecule has 6 heteroatoms. The first-order chi connectivity index (χ1) is 11.2. The molecule has 2 heterocycles. The molecule has 0 atom stereocenters. The van der Waals surface area contributed by atoms with Crippen molar-refractivity contribution in [2.24, 2.45) is 0 Å². The van der Waals surface area contributed by atoms with E-state index in [2.05, 4.69) is 63.6 Å². The number of nitrogens with zero attached hydrogens (tertiary/aromatic N) is 4. The molecule has 0 radical (unpaired) electrons. The summed E-state index contributed by atoms with van der Waals surface area (Å²) in [6.45, 7) is 7.90. The van der Waals surface area contributed by atoms with E-state index in [1.807, 2.05) is 0 Å². The summed E-state index contributed by atoms with van der Waals surface area (Å²) in [5.41, 5.74) is 3.64. The fourth-order valence-corrected chi connectivity index (χ4v) is 2.95. The number of benzene rings is 1. The molecule has 1 aliphatic heterocycles. The third-order valence-corrected chi connectivity index (χ3v) is 3.95. The van der Waals surface area contributed by atoms with Crippen LogP contribution in [-0.4, -0.2) is 51.8 Å². The molecular formula is C17H23N5O. The van der Waals surface area contributed by atoms with Crippen molar-refractivity contribution in [2.45, 2.75) is 26.7 Å². The molecule has 0 bridgehead atoms. The summed E-state index contributed by atoms with van der Waals surface area (Å²) in [6.07, 6.45) is 4.24. The van der Waals surface area contributed by atoms with Gasteiger partial charge in [-0.05, 0) is 55.2 Å². The van der Waals surface area contributed by atoms with Crippen LogP contribution >= 0.6 is 0 Å². The second kappa shape index (κ2) is 7.37. The molecule has 0 saturated carbocycles. The van der Waals surface area contributed by atoms with Crippen LogP contribution in [0.2, 0.25) is 0 Å². The zero-order valence-corrected chi connectivity index (χ0v) is 13.7. The molecule has 1 aromatic heterocycles. The van der Waals surface area contributed by atoms with Gasteiger partial charge in [-0.15, -0.1) is 10.2 Å². The molecule has 1 aliphatic rings. The van der Waals surface area contributed by atoms with E-state index < -0.39 is 0 Å². The van der Waals surface area contributed by atoms with Crippen molar-refractivity contribution in [1.29, 1.82) is 0 Å². The largest absolute Gasteiger partial charge is 0.494 e. The highest BCUT2D eigenvalue weighted by atomic mass is 16.5. The van der Waals surface area contributed by atoms with E-state index in [0.717, 1.165) is 50.4 Å². The molecule has 0 aliphatic carbocycles. The number of nitrogens with one attached hydrogen (secondary N) is 1. The molecule has 1 N–H and O–H groups in total. The third kappa shape index (κ3) is 4.39. The van der Waals surface area contributed by atoms with Crippen LogP contribution in [-0.2, 0) is 0 Å². The van der Waals surface area contributed by atoms with Gasteiger partial charge in [0.1, 0.15) is 5.75 Å². The number of H-pyrrole nitrogens is 1. The topological polar surface area (TPSA) is 66.9 Å². The summed E-state index contributed by atoms with van der Waals surface area (Å²) >= 11 is 0. The lowest BCUT2D eigenvalue weighted by atomic mass is 10.1. The molecule has 0 saturated heterocycles. The molecule has 1 aromatic carbocycles. The minimum atomic E-state index is 0.709. The van der Waals surface area contributed by atoms with Crippen LogP contribution in [0.4, 0.5) is 0 Å². The Balaban J connectivity index is 1.43. The molecule has 2 aromatic rings. The number of aromatic nitrogens is 4. The highest BCUT2D eigenvalue weighted by Gasteiger charge is 2.16. The first-order valence-corrected chi connectivity index (χ1v) is 8.07. The summed E-state index contributed by atoms with van der Waals surface area (Å²) < 4.78 is 5.88. The Morgan fingerprint density at radius 1 is 1.22 bits per heavy atom. The van der Waals surface area contributed by atoms with Gasteiger partial charge in [-0.1, -0.05) is 12.1 Å². The predicted molar refractivity (Wildman–Crippen MR) is 89.2 cm³/mol. The second-order valence-electron chi connectivity index (χ2n) is 6.06. The minimum absolute atomic E-state index is 0.709. The monoisotopic (exact) mass is 313 g/mol. The Morgan fingerprint density at radius 2 is 2.04 bits per heavy atom. The molecule has 3 rings (SSSR count). The quantitative estimate of drug-likeness (QED) is 0.829. The van der Waals surface area contributed by atoms with Crippen LogP contribution in [0, 0.1) is 13.8 Å². The van der Waals surface area contributed by atoms with Gasteiger partial charge in [0, 0.05) is 25.2 Å². The Bertz CT molecular complexity index is 645. The van der Waals surface area contributed by atoms with Gasteiger partial charge in [0.15, 0.2) is 0 Å². The molecule has 122 valence electrons. The number of rotatable bonds is 6. The molecule has 0 fully saturated rings. The van der Waals surface area contributed by atoms with E-state index in [9.17, 15) is 0 Å². The van der Waals surface area contributed by atoms with Gasteiger partial charge in [0.2, 0.25) is 5.82 Å². The lowest BCUT2D eigenvalue weighted by Crippen LogP contribution is -2.31. The lowest BCUT2D eigenvalue weighted by Gasteiger charge is -2.26. The highest BCUT2D eigenvalue weighted by Crippen LogP contribution is 2.18. The summed E-state index contributed by atoms with van der Waals surface area (Å²) in [4.78, 5) is 2.41. The van der Waals surface area contributed by atoms with Gasteiger partial charge in [-0.2, -0.15) is 5.21 Å². The fraction of sp³-hybridized carbons (Fsp3) is 0.471. The maximum Gasteiger partial charge on any atom is 0.201 e. The molecule has 6 nitrogen and oxygen atoms in total. The molecule has 0 spiro atoms. The normalized spacial score (nSPS) is 15.5. The Labute approximate surface area is 136 Å². The van der Waals surface area contributed by atoms with Crippen LogP contribution < -0.4 is 4.74 Å². The van der Waals surface area contributed by atoms with E-state index in [1.165, 1.54) is 11.1 Å². The van der Waals surface area contributed by atoms with E-state index >= 15 is 0 Å². The van der Waals surface area contributed by atoms with E-state index in [1.54, 1.807) is 0 Å². The Kier molecular flexibility index (Phi) is 5.02. The zero-order chi connectivity index (χ0) is 16.1. The number of ether oxygens (including phenoxy) is 1. The zero-order valence-electron chi connectivity index (χ0n) is 13.7. The summed E-state index contributed by atoms with van der Waals surface area (Å²) in [5.74, 6) is 1.68. The maximum absolute atomic E-state index is 5.88. The van der Waals surface area contributed by atoms with E-state index in [0.29, 0.717) is 5.82 Å². The highest BCUT2D eigenvalue weighted by molar-refractivity contribution is 5.61. The Hall–Kier alpha value is -2.21. The smallest absolute Gasteiger partial charge is 0.201 e. The lowest BCUT2D eigenvalue weighted by molar-refractivity contribution is 0.249. The average molecular weight is 313 g/mol. The first kappa shape index (κ1) is 15.7. The molecule has 0 unspecified atom stereocenters. The number of tetrazole rings is 1. The number of aryl methyl sites for hydroxylation is 2. The van der Waals surface area contributed by atoms with Crippen molar-refractivity contribution >= 4 is 5.57 Å². The Morgan fingerprint density at radius 3 is 2.78 bits per heavy atom. The average Bonchev–Trinajstić information content (AvgIpc) is 3.05. The van der Waals surface area contributed by atoms with Crippen molar-refractivity contribution in [2.75, 3.05) is 26.2 Å². The van der Waals surface area contributed by atoms with Crippen molar-refractivity contribution in [3.8, 4) is 5.75 Å².